The van der Waals surface area contributed by atoms with E-state index in [4.69, 9.17) is 0 Å². The minimum Gasteiger partial charge on any atom is -0.350 e. The van der Waals surface area contributed by atoms with Crippen LogP contribution in [0.3, 0.4) is 0 Å². The van der Waals surface area contributed by atoms with Crippen molar-refractivity contribution in [1.82, 2.24) is 20.3 Å². The maximum atomic E-state index is 12.8. The van der Waals surface area contributed by atoms with Gasteiger partial charge in [-0.1, -0.05) is 66.7 Å². The molecule has 1 aromatic heterocycles. The number of amides is 1. The third-order valence-electron chi connectivity index (χ3n) is 6.66. The van der Waals surface area contributed by atoms with Crippen LogP contribution in [0, 0.1) is 5.92 Å². The van der Waals surface area contributed by atoms with Crippen LogP contribution in [-0.4, -0.2) is 27.4 Å². The zero-order chi connectivity index (χ0) is 20.8. The average molecular weight is 406 g/mol. The third kappa shape index (κ3) is 2.96. The Hall–Kier alpha value is -3.73. The van der Waals surface area contributed by atoms with Gasteiger partial charge >= 0.3 is 0 Å². The Morgan fingerprint density at radius 2 is 1.48 bits per heavy atom. The molecule has 1 heterocycles. The molecule has 7 rings (SSSR count). The van der Waals surface area contributed by atoms with Crippen LogP contribution in [0.5, 0.6) is 0 Å². The smallest absolute Gasteiger partial charge is 0.273 e. The molecule has 0 saturated carbocycles. The fraction of sp³-hybridized carbons (Fsp3) is 0.192. The van der Waals surface area contributed by atoms with Crippen molar-refractivity contribution >= 4 is 5.91 Å². The zero-order valence-corrected chi connectivity index (χ0v) is 17.0. The van der Waals surface area contributed by atoms with Crippen molar-refractivity contribution in [2.45, 2.75) is 18.3 Å². The van der Waals surface area contributed by atoms with Crippen LogP contribution in [0.15, 0.2) is 85.1 Å². The number of hydrogen-bond donors (Lipinski definition) is 1. The number of benzene rings is 3. The minimum atomic E-state index is -0.176. The molecule has 0 saturated heterocycles. The van der Waals surface area contributed by atoms with Crippen LogP contribution in [0.1, 0.15) is 51.0 Å². The standard InChI is InChI=1S/C26H22N4O/c31-26(24-16-28-30(29-24)18-8-2-1-3-9-18)27-15-17-14-23-19-10-4-6-12-21(19)25(17)22-13-7-5-11-20(22)23/h1-13,16-17,23,25H,14-15H2,(H,27,31). The molecule has 3 aliphatic carbocycles. The maximum Gasteiger partial charge on any atom is 0.273 e. The summed E-state index contributed by atoms with van der Waals surface area (Å²) in [6.07, 6.45) is 2.58. The topological polar surface area (TPSA) is 59.8 Å². The monoisotopic (exact) mass is 406 g/mol. The van der Waals surface area contributed by atoms with E-state index < -0.39 is 0 Å². The number of rotatable bonds is 4. The SMILES string of the molecule is O=C(NCC1CC2c3ccccc3C1c1ccccc12)c1cnn(-c2ccccc2)n1. The molecule has 1 amide bonds. The highest BCUT2D eigenvalue weighted by molar-refractivity contribution is 5.91. The lowest BCUT2D eigenvalue weighted by molar-refractivity contribution is 0.0937. The Bertz CT molecular complexity index is 1220. The van der Waals surface area contributed by atoms with Crippen LogP contribution in [0.2, 0.25) is 0 Å². The van der Waals surface area contributed by atoms with Crippen molar-refractivity contribution in [1.29, 1.82) is 0 Å². The number of carbonyl (C=O) groups excluding carboxylic acids is 1. The summed E-state index contributed by atoms with van der Waals surface area (Å²) in [6.45, 7) is 0.626. The van der Waals surface area contributed by atoms with Crippen molar-refractivity contribution in [3.63, 3.8) is 0 Å². The fourth-order valence-electron chi connectivity index (χ4n) is 5.33. The van der Waals surface area contributed by atoms with Gasteiger partial charge in [-0.25, -0.2) is 0 Å². The largest absolute Gasteiger partial charge is 0.350 e. The van der Waals surface area contributed by atoms with E-state index in [0.29, 0.717) is 30.0 Å². The van der Waals surface area contributed by atoms with Gasteiger partial charge in [0.1, 0.15) is 0 Å². The molecule has 1 N–H and O–H groups in total. The highest BCUT2D eigenvalue weighted by Crippen LogP contribution is 2.55. The van der Waals surface area contributed by atoms with Crippen molar-refractivity contribution in [3.8, 4) is 5.69 Å². The molecule has 0 aliphatic heterocycles. The molecule has 3 aliphatic rings. The second-order valence-electron chi connectivity index (χ2n) is 8.35. The fourth-order valence-corrected chi connectivity index (χ4v) is 5.33. The van der Waals surface area contributed by atoms with Crippen molar-refractivity contribution in [3.05, 3.63) is 113 Å². The van der Waals surface area contributed by atoms with Gasteiger partial charge in [-0.15, -0.1) is 5.10 Å². The number of aromatic nitrogens is 3. The highest BCUT2D eigenvalue weighted by Gasteiger charge is 2.42. The lowest BCUT2D eigenvalue weighted by Gasteiger charge is -2.45. The molecule has 0 spiro atoms. The van der Waals surface area contributed by atoms with Gasteiger partial charge < -0.3 is 5.32 Å². The molecule has 3 aromatic carbocycles. The van der Waals surface area contributed by atoms with Crippen LogP contribution in [0.25, 0.3) is 5.69 Å². The number of fused-ring (bicyclic) bond motifs is 1. The number of para-hydroxylation sites is 1. The molecule has 0 fully saturated rings. The molecule has 152 valence electrons. The van der Waals surface area contributed by atoms with E-state index in [1.165, 1.54) is 33.2 Å². The summed E-state index contributed by atoms with van der Waals surface area (Å²) in [5.41, 5.74) is 6.88. The van der Waals surface area contributed by atoms with Gasteiger partial charge in [-0.05, 0) is 46.7 Å². The summed E-state index contributed by atoms with van der Waals surface area (Å²) in [5.74, 6) is 0.907. The number of carbonyl (C=O) groups is 1. The summed E-state index contributed by atoms with van der Waals surface area (Å²) in [5, 5.41) is 11.7. The van der Waals surface area contributed by atoms with E-state index in [0.717, 1.165) is 12.1 Å². The van der Waals surface area contributed by atoms with Crippen molar-refractivity contribution in [2.24, 2.45) is 5.92 Å². The van der Waals surface area contributed by atoms with Crippen LogP contribution >= 0.6 is 0 Å². The normalized spacial score (nSPS) is 20.7. The van der Waals surface area contributed by atoms with Gasteiger partial charge in [-0.3, -0.25) is 4.79 Å². The van der Waals surface area contributed by atoms with Crippen LogP contribution in [-0.2, 0) is 0 Å². The zero-order valence-electron chi connectivity index (χ0n) is 17.0. The Morgan fingerprint density at radius 1 is 0.871 bits per heavy atom. The van der Waals surface area contributed by atoms with Crippen molar-refractivity contribution < 1.29 is 4.79 Å². The van der Waals surface area contributed by atoms with E-state index in [9.17, 15) is 4.79 Å². The van der Waals surface area contributed by atoms with Crippen LogP contribution in [0.4, 0.5) is 0 Å². The first-order valence-corrected chi connectivity index (χ1v) is 10.7. The first-order chi connectivity index (χ1) is 15.3. The van der Waals surface area contributed by atoms with Crippen molar-refractivity contribution in [2.75, 3.05) is 6.54 Å². The molecule has 4 aromatic rings. The summed E-state index contributed by atoms with van der Waals surface area (Å²) in [7, 11) is 0. The lowest BCUT2D eigenvalue weighted by Crippen LogP contribution is -2.39. The minimum absolute atomic E-state index is 0.176. The molecule has 1 atom stereocenters. The molecule has 0 radical (unpaired) electrons. The number of nitrogens with one attached hydrogen (secondary N) is 1. The summed E-state index contributed by atoms with van der Waals surface area (Å²) < 4.78 is 0. The number of nitrogens with zero attached hydrogens (tertiary/aromatic N) is 3. The second-order valence-corrected chi connectivity index (χ2v) is 8.35. The Labute approximate surface area is 180 Å². The molecular weight excluding hydrogens is 384 g/mol. The maximum absolute atomic E-state index is 12.8. The van der Waals surface area contributed by atoms with Gasteiger partial charge in [0.25, 0.3) is 5.91 Å². The quantitative estimate of drug-likeness (QED) is 0.550. The van der Waals surface area contributed by atoms with E-state index in [2.05, 4.69) is 64.0 Å². The molecule has 1 unspecified atom stereocenters. The lowest BCUT2D eigenvalue weighted by atomic mass is 9.59. The van der Waals surface area contributed by atoms with Gasteiger partial charge in [0.05, 0.1) is 11.9 Å². The molecule has 31 heavy (non-hydrogen) atoms. The first-order valence-electron chi connectivity index (χ1n) is 10.7. The molecule has 5 nitrogen and oxygen atoms in total. The van der Waals surface area contributed by atoms with E-state index in [-0.39, 0.29) is 5.91 Å². The first kappa shape index (κ1) is 18.1. The molecular formula is C26H22N4O. The van der Waals surface area contributed by atoms with Gasteiger partial charge in [-0.2, -0.15) is 9.90 Å². The second kappa shape index (κ2) is 7.20. The summed E-state index contributed by atoms with van der Waals surface area (Å²) in [4.78, 5) is 14.3. The Morgan fingerprint density at radius 3 is 2.16 bits per heavy atom. The van der Waals surface area contributed by atoms with Gasteiger partial charge in [0, 0.05) is 18.4 Å². The van der Waals surface area contributed by atoms with E-state index in [1.807, 2.05) is 30.3 Å². The Balaban J connectivity index is 1.23. The summed E-state index contributed by atoms with van der Waals surface area (Å²) in [6, 6.07) is 27.2. The average Bonchev–Trinajstić information content (AvgIpc) is 3.34. The summed E-state index contributed by atoms with van der Waals surface area (Å²) >= 11 is 0. The van der Waals surface area contributed by atoms with Gasteiger partial charge in [0.15, 0.2) is 5.69 Å². The van der Waals surface area contributed by atoms with Crippen LogP contribution < -0.4 is 5.32 Å². The predicted molar refractivity (Wildman–Crippen MR) is 118 cm³/mol. The predicted octanol–water partition coefficient (Wildman–Crippen LogP) is 4.29. The molecule has 5 heteroatoms. The highest BCUT2D eigenvalue weighted by atomic mass is 16.2. The van der Waals surface area contributed by atoms with Gasteiger partial charge in [0.2, 0.25) is 0 Å². The molecule has 2 bridgehead atoms. The third-order valence-corrected chi connectivity index (χ3v) is 6.66. The number of hydrogen-bond acceptors (Lipinski definition) is 3. The van der Waals surface area contributed by atoms with E-state index in [1.54, 1.807) is 0 Å². The van der Waals surface area contributed by atoms with E-state index >= 15 is 0 Å². The Kier molecular flexibility index (Phi) is 4.20.